The summed E-state index contributed by atoms with van der Waals surface area (Å²) in [7, 11) is 1.00. The summed E-state index contributed by atoms with van der Waals surface area (Å²) in [5, 5.41) is 13.1. The van der Waals surface area contributed by atoms with Crippen LogP contribution in [0.2, 0.25) is 5.02 Å². The summed E-state index contributed by atoms with van der Waals surface area (Å²) in [6.07, 6.45) is 11.1. The molecule has 0 aromatic carbocycles. The predicted molar refractivity (Wildman–Crippen MR) is 172 cm³/mol. The second-order valence-corrected chi connectivity index (χ2v) is 10.3. The number of aromatic amines is 1. The number of halogens is 1. The largest absolute Gasteiger partial charge is 0.400 e. The van der Waals surface area contributed by atoms with E-state index in [9.17, 15) is 0 Å². The van der Waals surface area contributed by atoms with Gasteiger partial charge in [-0.3, -0.25) is 4.98 Å². The third kappa shape index (κ3) is 13.9. The molecule has 2 aromatic heterocycles. The second-order valence-electron chi connectivity index (χ2n) is 9.95. The monoisotopic (exact) mass is 543 g/mol. The van der Waals surface area contributed by atoms with Crippen LogP contribution in [0.4, 0.5) is 0 Å². The highest BCUT2D eigenvalue weighted by Crippen LogP contribution is 2.29. The Morgan fingerprint density at radius 3 is 1.89 bits per heavy atom. The van der Waals surface area contributed by atoms with E-state index in [0.29, 0.717) is 5.41 Å². The fraction of sp³-hybridized carbons (Fsp3) is 0.485. The first-order valence-electron chi connectivity index (χ1n) is 13.4. The van der Waals surface area contributed by atoms with E-state index < -0.39 is 0 Å². The molecule has 4 nitrogen and oxygen atoms in total. The highest BCUT2D eigenvalue weighted by molar-refractivity contribution is 6.31. The number of hydrogen-bond donors (Lipinski definition) is 3. The van der Waals surface area contributed by atoms with Crippen molar-refractivity contribution in [2.75, 3.05) is 20.2 Å². The molecule has 1 aliphatic rings. The van der Waals surface area contributed by atoms with E-state index in [2.05, 4.69) is 68.8 Å². The molecular weight excluding hydrogens is 490 g/mol. The molecule has 1 aliphatic heterocycles. The van der Waals surface area contributed by atoms with Crippen LogP contribution in [0.15, 0.2) is 43.1 Å². The summed E-state index contributed by atoms with van der Waals surface area (Å²) in [5.74, 6) is 0. The van der Waals surface area contributed by atoms with Crippen LogP contribution in [0.3, 0.4) is 0 Å². The van der Waals surface area contributed by atoms with Crippen molar-refractivity contribution >= 4 is 29.8 Å². The van der Waals surface area contributed by atoms with Crippen molar-refractivity contribution in [3.05, 3.63) is 81.3 Å². The summed E-state index contributed by atoms with van der Waals surface area (Å²) in [6.45, 7) is 32.3. The van der Waals surface area contributed by atoms with Gasteiger partial charge >= 0.3 is 0 Å². The Balaban J connectivity index is 0. The van der Waals surface area contributed by atoms with Crippen LogP contribution in [-0.4, -0.2) is 35.3 Å². The molecule has 3 rings (SSSR count). The van der Waals surface area contributed by atoms with Gasteiger partial charge in [0, 0.05) is 42.7 Å². The minimum atomic E-state index is 0.694. The van der Waals surface area contributed by atoms with Crippen LogP contribution < -0.4 is 15.9 Å². The number of nitrogens with zero attached hydrogens (tertiary/aromatic N) is 1. The van der Waals surface area contributed by atoms with Crippen molar-refractivity contribution in [2.45, 2.75) is 81.6 Å². The Morgan fingerprint density at radius 2 is 1.63 bits per heavy atom. The van der Waals surface area contributed by atoms with E-state index in [1.54, 1.807) is 6.08 Å². The quantitative estimate of drug-likeness (QED) is 0.273. The van der Waals surface area contributed by atoms with E-state index in [1.165, 1.54) is 48.2 Å². The van der Waals surface area contributed by atoms with Crippen molar-refractivity contribution in [1.29, 1.82) is 0 Å². The molecule has 5 heteroatoms. The summed E-state index contributed by atoms with van der Waals surface area (Å²) in [6, 6.07) is 2.12. The molecule has 2 aromatic rings. The SMILES string of the molecule is C=C(C)C.C=C/C=C\c1ncc(C)cc1C.C=c1[nH]c(CC)c(Cl)c1=C(C)C.CCC1(CC)CNC1.CO. The van der Waals surface area contributed by atoms with Gasteiger partial charge in [-0.1, -0.05) is 74.9 Å². The van der Waals surface area contributed by atoms with Crippen LogP contribution in [0.5, 0.6) is 0 Å². The first kappa shape index (κ1) is 37.8. The Bertz CT molecular complexity index is 1090. The Labute approximate surface area is 238 Å². The minimum absolute atomic E-state index is 0.694. The molecule has 0 amide bonds. The molecule has 0 saturated carbocycles. The van der Waals surface area contributed by atoms with Crippen LogP contribution in [-0.2, 0) is 6.42 Å². The molecule has 3 heterocycles. The van der Waals surface area contributed by atoms with Crippen molar-refractivity contribution < 1.29 is 5.11 Å². The Kier molecular flexibility index (Phi) is 20.4. The molecule has 3 N–H and O–H groups in total. The zero-order valence-electron chi connectivity index (χ0n) is 25.8. The first-order valence-corrected chi connectivity index (χ1v) is 13.8. The molecule has 1 fully saturated rings. The topological polar surface area (TPSA) is 60.9 Å². The molecule has 0 spiro atoms. The van der Waals surface area contributed by atoms with Crippen LogP contribution in [0.25, 0.3) is 18.2 Å². The van der Waals surface area contributed by atoms with Gasteiger partial charge in [-0.2, -0.15) is 0 Å². The van der Waals surface area contributed by atoms with Crippen molar-refractivity contribution in [1.82, 2.24) is 15.3 Å². The number of aryl methyl sites for hydroxylation is 3. The third-order valence-corrected chi connectivity index (χ3v) is 6.50. The molecule has 1 saturated heterocycles. The first-order chi connectivity index (χ1) is 17.9. The number of H-pyrrole nitrogens is 1. The average molecular weight is 544 g/mol. The number of aromatic nitrogens is 2. The van der Waals surface area contributed by atoms with Crippen molar-refractivity contribution in [3.8, 4) is 0 Å². The van der Waals surface area contributed by atoms with E-state index >= 15 is 0 Å². The highest BCUT2D eigenvalue weighted by Gasteiger charge is 2.32. The highest BCUT2D eigenvalue weighted by atomic mass is 35.5. The number of hydrogen-bond acceptors (Lipinski definition) is 3. The van der Waals surface area contributed by atoms with Crippen molar-refractivity contribution in [2.24, 2.45) is 5.41 Å². The summed E-state index contributed by atoms with van der Waals surface area (Å²) < 4.78 is 0. The molecule has 0 unspecified atom stereocenters. The number of pyridine rings is 1. The van der Waals surface area contributed by atoms with E-state index in [0.717, 1.165) is 40.5 Å². The Morgan fingerprint density at radius 1 is 1.11 bits per heavy atom. The maximum absolute atomic E-state index is 7.00. The number of nitrogens with one attached hydrogen (secondary N) is 2. The lowest BCUT2D eigenvalue weighted by molar-refractivity contribution is 0.154. The third-order valence-electron chi connectivity index (χ3n) is 6.09. The lowest BCUT2D eigenvalue weighted by Crippen LogP contribution is -2.52. The molecule has 38 heavy (non-hydrogen) atoms. The second kappa shape index (κ2) is 20.5. The van der Waals surface area contributed by atoms with Gasteiger partial charge in [-0.05, 0) is 83.4 Å². The van der Waals surface area contributed by atoms with Gasteiger partial charge in [0.05, 0.1) is 10.7 Å². The van der Waals surface area contributed by atoms with E-state index in [1.807, 2.05) is 53.0 Å². The summed E-state index contributed by atoms with van der Waals surface area (Å²) in [5.41, 5.74) is 7.57. The lowest BCUT2D eigenvalue weighted by atomic mass is 9.77. The number of aliphatic hydroxyl groups excluding tert-OH is 1. The van der Waals surface area contributed by atoms with Gasteiger partial charge < -0.3 is 15.4 Å². The Hall–Kier alpha value is -2.40. The normalized spacial score (nSPS) is 12.6. The van der Waals surface area contributed by atoms with Crippen molar-refractivity contribution in [3.63, 3.8) is 0 Å². The van der Waals surface area contributed by atoms with Gasteiger partial charge in [0.2, 0.25) is 0 Å². The predicted octanol–water partition coefficient (Wildman–Crippen LogP) is 7.32. The molecule has 0 radical (unpaired) electrons. The molecule has 214 valence electrons. The maximum atomic E-state index is 7.00. The number of rotatable bonds is 5. The van der Waals surface area contributed by atoms with E-state index in [-0.39, 0.29) is 0 Å². The van der Waals surface area contributed by atoms with Gasteiger partial charge in [0.25, 0.3) is 0 Å². The minimum Gasteiger partial charge on any atom is -0.400 e. The van der Waals surface area contributed by atoms with Crippen LogP contribution in [0, 0.1) is 19.3 Å². The molecule has 0 bridgehead atoms. The zero-order chi connectivity index (χ0) is 29.9. The standard InChI is InChI=1S/C11H13N.C10H14ClN.C7H15N.C4H8.CH4O/c1-4-5-6-11-10(3)7-9(2)8-12-11;1-5-8-10(11)9(6(2)3)7(4)12-8;1-3-7(4-2)5-8-6-7;1-4(2)3;1-2/h4-8H,1H2,2-3H3;12H,4-5H2,1-3H3;8H,3-6H2,1-2H3;1H2,2-3H3;2H,1H3/b6-5-;;;;. The number of aliphatic hydroxyl groups is 1. The van der Waals surface area contributed by atoms with E-state index in [4.69, 9.17) is 16.7 Å². The van der Waals surface area contributed by atoms with Gasteiger partial charge in [-0.15, -0.1) is 6.58 Å². The molecule has 0 aliphatic carbocycles. The lowest BCUT2D eigenvalue weighted by Gasteiger charge is -2.41. The zero-order valence-corrected chi connectivity index (χ0v) is 26.6. The fourth-order valence-electron chi connectivity index (χ4n) is 3.64. The summed E-state index contributed by atoms with van der Waals surface area (Å²) >= 11 is 6.13. The summed E-state index contributed by atoms with van der Waals surface area (Å²) in [4.78, 5) is 7.46. The van der Waals surface area contributed by atoms with Gasteiger partial charge in [-0.25, -0.2) is 0 Å². The number of allylic oxidation sites excluding steroid dienone is 3. The molecular formula is C33H54ClN3O. The fourth-order valence-corrected chi connectivity index (χ4v) is 4.12. The van der Waals surface area contributed by atoms with Crippen LogP contribution in [0.1, 0.15) is 83.8 Å². The van der Waals surface area contributed by atoms with Gasteiger partial charge in [0.1, 0.15) is 0 Å². The maximum Gasteiger partial charge on any atom is 0.0690 e. The smallest absolute Gasteiger partial charge is 0.0690 e. The average Bonchev–Trinajstić information content (AvgIpc) is 3.13. The van der Waals surface area contributed by atoms with Crippen LogP contribution >= 0.6 is 11.6 Å². The molecule has 0 atom stereocenters. The van der Waals surface area contributed by atoms with Gasteiger partial charge in [0.15, 0.2) is 0 Å².